The number of nitrogens with zero attached hydrogens (tertiary/aromatic N) is 4. The number of aromatic nitrogens is 3. The number of aryl methyl sites for hydroxylation is 2. The summed E-state index contributed by atoms with van der Waals surface area (Å²) in [5.74, 6) is -0.250. The van der Waals surface area contributed by atoms with Crippen molar-refractivity contribution in [2.45, 2.75) is 13.0 Å². The topological polar surface area (TPSA) is 81.3 Å². The van der Waals surface area contributed by atoms with Gasteiger partial charge in [0.05, 0.1) is 21.9 Å². The Bertz CT molecular complexity index is 1230. The molecule has 3 heterocycles. The van der Waals surface area contributed by atoms with Crippen LogP contribution in [0.1, 0.15) is 6.42 Å². The molecule has 0 unspecified atom stereocenters. The van der Waals surface area contributed by atoms with Gasteiger partial charge in [0.25, 0.3) is 5.56 Å². The highest BCUT2D eigenvalue weighted by Crippen LogP contribution is 2.15. The standard InChI is InChI=1S/C17H15N5O2S2/c1-21-12-4-2-3-5-13(12)26-17(21)20-19-14(23)6-8-22-10-18-15-11(16(22)24)7-9-25-15/h2-5,7,9-10H,6,8H2,1H3,(H,19,23)/b20-17-. The number of benzene rings is 1. The summed E-state index contributed by atoms with van der Waals surface area (Å²) in [4.78, 5) is 30.0. The van der Waals surface area contributed by atoms with Crippen molar-refractivity contribution < 1.29 is 4.79 Å². The third-order valence-corrected chi connectivity index (χ3v) is 5.95. The number of thiazole rings is 1. The number of amides is 1. The quantitative estimate of drug-likeness (QED) is 0.546. The van der Waals surface area contributed by atoms with Crippen molar-refractivity contribution in [1.82, 2.24) is 19.5 Å². The molecule has 0 saturated heterocycles. The highest BCUT2D eigenvalue weighted by atomic mass is 32.1. The molecular formula is C17H15N5O2S2. The maximum absolute atomic E-state index is 12.3. The van der Waals surface area contributed by atoms with Gasteiger partial charge < -0.3 is 4.57 Å². The van der Waals surface area contributed by atoms with E-state index in [1.165, 1.54) is 33.6 Å². The number of carbonyl (C=O) groups is 1. The molecule has 1 amide bonds. The van der Waals surface area contributed by atoms with Gasteiger partial charge in [-0.1, -0.05) is 23.5 Å². The summed E-state index contributed by atoms with van der Waals surface area (Å²) in [7, 11) is 1.91. The van der Waals surface area contributed by atoms with Crippen LogP contribution in [0.3, 0.4) is 0 Å². The number of para-hydroxylation sites is 1. The van der Waals surface area contributed by atoms with E-state index in [2.05, 4.69) is 15.5 Å². The average Bonchev–Trinajstić information content (AvgIpc) is 3.25. The molecule has 0 aliphatic heterocycles. The molecule has 0 bridgehead atoms. The zero-order chi connectivity index (χ0) is 18.1. The molecule has 26 heavy (non-hydrogen) atoms. The average molecular weight is 385 g/mol. The van der Waals surface area contributed by atoms with E-state index in [0.29, 0.717) is 15.0 Å². The molecule has 0 aliphatic carbocycles. The molecule has 1 aromatic carbocycles. The van der Waals surface area contributed by atoms with Crippen LogP contribution in [-0.2, 0) is 18.4 Å². The number of hydrogen-bond acceptors (Lipinski definition) is 6. The molecule has 9 heteroatoms. The van der Waals surface area contributed by atoms with Crippen LogP contribution in [0.15, 0.2) is 51.9 Å². The van der Waals surface area contributed by atoms with Crippen LogP contribution < -0.4 is 15.8 Å². The second-order valence-corrected chi connectivity index (χ2v) is 7.59. The maximum Gasteiger partial charge on any atom is 0.262 e. The van der Waals surface area contributed by atoms with Crippen LogP contribution in [0.2, 0.25) is 0 Å². The van der Waals surface area contributed by atoms with E-state index >= 15 is 0 Å². The van der Waals surface area contributed by atoms with Gasteiger partial charge in [0, 0.05) is 20.0 Å². The molecule has 4 rings (SSSR count). The lowest BCUT2D eigenvalue weighted by Gasteiger charge is -2.04. The Morgan fingerprint density at radius 2 is 2.15 bits per heavy atom. The summed E-state index contributed by atoms with van der Waals surface area (Å²) in [6.07, 6.45) is 1.63. The van der Waals surface area contributed by atoms with Crippen molar-refractivity contribution in [3.05, 3.63) is 57.2 Å². The van der Waals surface area contributed by atoms with Gasteiger partial charge in [-0.2, -0.15) is 0 Å². The first-order chi connectivity index (χ1) is 12.6. The zero-order valence-corrected chi connectivity index (χ0v) is 15.5. The molecule has 0 saturated carbocycles. The molecule has 4 aromatic rings. The van der Waals surface area contributed by atoms with Crippen molar-refractivity contribution in [2.75, 3.05) is 0 Å². The third kappa shape index (κ3) is 3.06. The van der Waals surface area contributed by atoms with E-state index in [4.69, 9.17) is 0 Å². The first-order valence-corrected chi connectivity index (χ1v) is 9.63. The fourth-order valence-electron chi connectivity index (χ4n) is 2.63. The molecular weight excluding hydrogens is 370 g/mol. The second-order valence-electron chi connectivity index (χ2n) is 5.69. The van der Waals surface area contributed by atoms with Crippen LogP contribution in [-0.4, -0.2) is 20.0 Å². The molecule has 3 aromatic heterocycles. The van der Waals surface area contributed by atoms with Gasteiger partial charge >= 0.3 is 0 Å². The third-order valence-electron chi connectivity index (χ3n) is 4.02. The fourth-order valence-corrected chi connectivity index (χ4v) is 4.33. The first kappa shape index (κ1) is 16.7. The molecule has 0 spiro atoms. The molecule has 0 radical (unpaired) electrons. The van der Waals surface area contributed by atoms with Crippen molar-refractivity contribution >= 4 is 49.0 Å². The predicted molar refractivity (Wildman–Crippen MR) is 103 cm³/mol. The number of fused-ring (bicyclic) bond motifs is 2. The summed E-state index contributed by atoms with van der Waals surface area (Å²) in [6.45, 7) is 0.261. The minimum Gasteiger partial charge on any atom is -0.318 e. The normalized spacial score (nSPS) is 12.1. The van der Waals surface area contributed by atoms with E-state index in [-0.39, 0.29) is 24.4 Å². The summed E-state index contributed by atoms with van der Waals surface area (Å²) >= 11 is 2.93. The van der Waals surface area contributed by atoms with Crippen LogP contribution in [0.25, 0.3) is 20.4 Å². The number of thiophene rings is 1. The first-order valence-electron chi connectivity index (χ1n) is 7.93. The summed E-state index contributed by atoms with van der Waals surface area (Å²) in [5.41, 5.74) is 3.50. The number of nitrogens with one attached hydrogen (secondary N) is 1. The largest absolute Gasteiger partial charge is 0.318 e. The monoisotopic (exact) mass is 385 g/mol. The molecule has 0 atom stereocenters. The molecule has 7 nitrogen and oxygen atoms in total. The van der Waals surface area contributed by atoms with E-state index in [9.17, 15) is 9.59 Å². The second kappa shape index (κ2) is 6.85. The van der Waals surface area contributed by atoms with Crippen molar-refractivity contribution in [2.24, 2.45) is 12.1 Å². The molecule has 0 fully saturated rings. The molecule has 0 aliphatic rings. The van der Waals surface area contributed by atoms with Crippen molar-refractivity contribution in [3.63, 3.8) is 0 Å². The summed E-state index contributed by atoms with van der Waals surface area (Å²) in [5, 5.41) is 6.62. The van der Waals surface area contributed by atoms with Crippen molar-refractivity contribution in [1.29, 1.82) is 0 Å². The van der Waals surface area contributed by atoms with E-state index in [1.807, 2.05) is 41.3 Å². The minimum atomic E-state index is -0.250. The maximum atomic E-state index is 12.3. The van der Waals surface area contributed by atoms with Gasteiger partial charge in [0.1, 0.15) is 4.83 Å². The molecule has 1 N–H and O–H groups in total. The van der Waals surface area contributed by atoms with E-state index in [0.717, 1.165) is 10.2 Å². The van der Waals surface area contributed by atoms with Gasteiger partial charge in [0.15, 0.2) is 0 Å². The smallest absolute Gasteiger partial charge is 0.262 e. The number of hydrogen-bond donors (Lipinski definition) is 1. The van der Waals surface area contributed by atoms with Gasteiger partial charge in [-0.3, -0.25) is 14.2 Å². The van der Waals surface area contributed by atoms with Gasteiger partial charge in [0.2, 0.25) is 10.7 Å². The predicted octanol–water partition coefficient (Wildman–Crippen LogP) is 2.03. The van der Waals surface area contributed by atoms with Crippen LogP contribution in [0.4, 0.5) is 0 Å². The number of rotatable bonds is 4. The highest BCUT2D eigenvalue weighted by molar-refractivity contribution is 7.16. The van der Waals surface area contributed by atoms with E-state index in [1.54, 1.807) is 6.07 Å². The Hall–Kier alpha value is -2.78. The lowest BCUT2D eigenvalue weighted by molar-refractivity contribution is -0.121. The van der Waals surface area contributed by atoms with Gasteiger partial charge in [-0.25, -0.2) is 10.4 Å². The number of carbonyl (C=O) groups excluding carboxylic acids is 1. The Kier molecular flexibility index (Phi) is 4.39. The molecule has 132 valence electrons. The summed E-state index contributed by atoms with van der Waals surface area (Å²) < 4.78 is 4.48. The van der Waals surface area contributed by atoms with Crippen LogP contribution in [0.5, 0.6) is 0 Å². The Balaban J connectivity index is 1.47. The lowest BCUT2D eigenvalue weighted by atomic mass is 10.3. The minimum absolute atomic E-state index is 0.128. The Morgan fingerprint density at radius 1 is 1.31 bits per heavy atom. The zero-order valence-electron chi connectivity index (χ0n) is 13.9. The van der Waals surface area contributed by atoms with Gasteiger partial charge in [-0.15, -0.1) is 16.4 Å². The van der Waals surface area contributed by atoms with E-state index < -0.39 is 0 Å². The van der Waals surface area contributed by atoms with Crippen molar-refractivity contribution in [3.8, 4) is 0 Å². The van der Waals surface area contributed by atoms with Gasteiger partial charge in [-0.05, 0) is 23.6 Å². The highest BCUT2D eigenvalue weighted by Gasteiger charge is 2.07. The lowest BCUT2D eigenvalue weighted by Crippen LogP contribution is -2.26. The Morgan fingerprint density at radius 3 is 3.00 bits per heavy atom. The fraction of sp³-hybridized carbons (Fsp3) is 0.176. The van der Waals surface area contributed by atoms with Crippen LogP contribution in [0, 0.1) is 0 Å². The SMILES string of the molecule is Cn1/c(=N/NC(=O)CCn2cnc3sccc3c2=O)sc2ccccc21. The summed E-state index contributed by atoms with van der Waals surface area (Å²) in [6, 6.07) is 9.71. The Labute approximate surface area is 155 Å². The van der Waals surface area contributed by atoms with Crippen LogP contribution >= 0.6 is 22.7 Å².